The highest BCUT2D eigenvalue weighted by molar-refractivity contribution is 9.18. The van der Waals surface area contributed by atoms with Gasteiger partial charge in [0.05, 0.1) is 11.4 Å². The first-order valence-electron chi connectivity index (χ1n) is 9.60. The van der Waals surface area contributed by atoms with Crippen LogP contribution in [-0.4, -0.2) is 35.4 Å². The average molecular weight is 440 g/mol. The minimum absolute atomic E-state index is 0.0431. The van der Waals surface area contributed by atoms with Crippen molar-refractivity contribution in [1.29, 1.82) is 0 Å². The van der Waals surface area contributed by atoms with Crippen LogP contribution in [0, 0.1) is 0 Å². The van der Waals surface area contributed by atoms with Gasteiger partial charge in [0.1, 0.15) is 17.3 Å². The Morgan fingerprint density at radius 3 is 2.64 bits per heavy atom. The SMILES string of the molecule is O=C1CN=C(c2ccccc2)c2ccccc2N1CCCCC1CC(Br)=NO1. The van der Waals surface area contributed by atoms with Crippen LogP contribution in [-0.2, 0) is 9.63 Å². The van der Waals surface area contributed by atoms with Crippen LogP contribution in [0.3, 0.4) is 0 Å². The van der Waals surface area contributed by atoms with Gasteiger partial charge in [0.15, 0.2) is 0 Å². The molecule has 0 spiro atoms. The summed E-state index contributed by atoms with van der Waals surface area (Å²) in [6, 6.07) is 18.1. The quantitative estimate of drug-likeness (QED) is 0.620. The fourth-order valence-corrected chi connectivity index (χ4v) is 4.08. The van der Waals surface area contributed by atoms with Crippen molar-refractivity contribution in [2.75, 3.05) is 18.0 Å². The molecule has 2 heterocycles. The molecule has 2 aromatic rings. The maximum atomic E-state index is 12.8. The number of benzene rings is 2. The van der Waals surface area contributed by atoms with Gasteiger partial charge in [-0.2, -0.15) is 0 Å². The number of amides is 1. The number of hydrogen-bond acceptors (Lipinski definition) is 4. The number of carbonyl (C=O) groups excluding carboxylic acids is 1. The third kappa shape index (κ3) is 4.17. The lowest BCUT2D eigenvalue weighted by atomic mass is 10.00. The van der Waals surface area contributed by atoms with E-state index in [1.165, 1.54) is 0 Å². The second-order valence-electron chi connectivity index (χ2n) is 6.99. The number of hydrogen-bond donors (Lipinski definition) is 0. The summed E-state index contributed by atoms with van der Waals surface area (Å²) in [7, 11) is 0. The number of aliphatic imine (C=N–C) groups is 1. The van der Waals surface area contributed by atoms with Crippen LogP contribution in [0.2, 0.25) is 0 Å². The fourth-order valence-electron chi connectivity index (χ4n) is 3.64. The van der Waals surface area contributed by atoms with Gasteiger partial charge in [0.25, 0.3) is 0 Å². The van der Waals surface area contributed by atoms with Gasteiger partial charge in [-0.15, -0.1) is 0 Å². The smallest absolute Gasteiger partial charge is 0.248 e. The lowest BCUT2D eigenvalue weighted by molar-refractivity contribution is -0.117. The molecule has 2 aliphatic heterocycles. The molecule has 0 saturated carbocycles. The molecule has 5 nitrogen and oxygen atoms in total. The molecule has 0 aliphatic carbocycles. The molecular formula is C22H22BrN3O2. The molecule has 1 unspecified atom stereocenters. The van der Waals surface area contributed by atoms with Crippen molar-refractivity contribution in [2.24, 2.45) is 10.1 Å². The number of fused-ring (bicyclic) bond motifs is 1. The number of benzodiazepines with no additional fused rings is 1. The van der Waals surface area contributed by atoms with Gasteiger partial charge in [0, 0.05) is 24.1 Å². The van der Waals surface area contributed by atoms with E-state index in [-0.39, 0.29) is 18.6 Å². The molecule has 6 heteroatoms. The van der Waals surface area contributed by atoms with Crippen LogP contribution < -0.4 is 4.90 Å². The molecule has 4 rings (SSSR count). The highest BCUT2D eigenvalue weighted by Crippen LogP contribution is 2.27. The third-order valence-corrected chi connectivity index (χ3v) is 5.49. The largest absolute Gasteiger partial charge is 0.391 e. The second-order valence-corrected chi connectivity index (χ2v) is 7.90. The van der Waals surface area contributed by atoms with Gasteiger partial charge in [0.2, 0.25) is 5.91 Å². The molecule has 0 radical (unpaired) electrons. The Kier molecular flexibility index (Phi) is 5.86. The van der Waals surface area contributed by atoms with Crippen molar-refractivity contribution in [2.45, 2.75) is 31.8 Å². The first-order chi connectivity index (χ1) is 13.7. The predicted molar refractivity (Wildman–Crippen MR) is 115 cm³/mol. The highest BCUT2D eigenvalue weighted by atomic mass is 79.9. The number of oxime groups is 1. The summed E-state index contributed by atoms with van der Waals surface area (Å²) in [4.78, 5) is 24.7. The van der Waals surface area contributed by atoms with Crippen molar-refractivity contribution in [1.82, 2.24) is 0 Å². The Morgan fingerprint density at radius 1 is 1.07 bits per heavy atom. The number of para-hydroxylation sites is 1. The van der Waals surface area contributed by atoms with E-state index in [2.05, 4.69) is 26.1 Å². The number of halogens is 1. The predicted octanol–water partition coefficient (Wildman–Crippen LogP) is 4.54. The molecule has 0 aromatic heterocycles. The van der Waals surface area contributed by atoms with E-state index >= 15 is 0 Å². The van der Waals surface area contributed by atoms with E-state index in [0.29, 0.717) is 6.54 Å². The normalized spacial score (nSPS) is 18.8. The molecule has 144 valence electrons. The number of carbonyl (C=O) groups is 1. The van der Waals surface area contributed by atoms with E-state index in [1.807, 2.05) is 59.5 Å². The van der Waals surface area contributed by atoms with E-state index in [9.17, 15) is 4.79 Å². The van der Waals surface area contributed by atoms with Gasteiger partial charge < -0.3 is 9.74 Å². The molecule has 1 amide bonds. The molecule has 0 bridgehead atoms. The molecule has 2 aliphatic rings. The Hall–Kier alpha value is -2.47. The summed E-state index contributed by atoms with van der Waals surface area (Å²) < 4.78 is 0.875. The zero-order chi connectivity index (χ0) is 19.3. The summed E-state index contributed by atoms with van der Waals surface area (Å²) in [6.45, 7) is 0.855. The summed E-state index contributed by atoms with van der Waals surface area (Å²) in [5.74, 6) is 0.0431. The van der Waals surface area contributed by atoms with Gasteiger partial charge in [-0.25, -0.2) is 0 Å². The van der Waals surface area contributed by atoms with Gasteiger partial charge in [-0.05, 0) is 41.3 Å². The van der Waals surface area contributed by atoms with Crippen LogP contribution in [0.15, 0.2) is 64.7 Å². The van der Waals surface area contributed by atoms with Crippen molar-refractivity contribution in [3.63, 3.8) is 0 Å². The number of rotatable bonds is 6. The second kappa shape index (κ2) is 8.69. The highest BCUT2D eigenvalue weighted by Gasteiger charge is 2.25. The van der Waals surface area contributed by atoms with Crippen LogP contribution in [0.1, 0.15) is 36.8 Å². The van der Waals surface area contributed by atoms with Gasteiger partial charge in [-0.3, -0.25) is 9.79 Å². The van der Waals surface area contributed by atoms with Crippen molar-refractivity contribution in [3.05, 3.63) is 65.7 Å². The van der Waals surface area contributed by atoms with E-state index < -0.39 is 0 Å². The Balaban J connectivity index is 1.48. The molecule has 1 atom stereocenters. The van der Waals surface area contributed by atoms with Crippen LogP contribution >= 0.6 is 15.9 Å². The first kappa shape index (κ1) is 18.9. The summed E-state index contributed by atoms with van der Waals surface area (Å²) >= 11 is 3.37. The average Bonchev–Trinajstić information content (AvgIpc) is 3.08. The maximum absolute atomic E-state index is 12.8. The molecule has 0 fully saturated rings. The Bertz CT molecular complexity index is 911. The lowest BCUT2D eigenvalue weighted by Crippen LogP contribution is -2.33. The van der Waals surface area contributed by atoms with Gasteiger partial charge >= 0.3 is 0 Å². The monoisotopic (exact) mass is 439 g/mol. The van der Waals surface area contributed by atoms with Crippen molar-refractivity contribution in [3.8, 4) is 0 Å². The van der Waals surface area contributed by atoms with Crippen LogP contribution in [0.5, 0.6) is 0 Å². The molecule has 2 aromatic carbocycles. The summed E-state index contributed by atoms with van der Waals surface area (Å²) in [5, 5.41) is 3.93. The zero-order valence-corrected chi connectivity index (χ0v) is 17.1. The summed E-state index contributed by atoms with van der Waals surface area (Å²) in [5.41, 5.74) is 3.87. The molecule has 0 N–H and O–H groups in total. The molecular weight excluding hydrogens is 418 g/mol. The maximum Gasteiger partial charge on any atom is 0.248 e. The van der Waals surface area contributed by atoms with Crippen LogP contribution in [0.4, 0.5) is 5.69 Å². The lowest BCUT2D eigenvalue weighted by Gasteiger charge is -2.23. The minimum atomic E-state index is 0.0431. The third-order valence-electron chi connectivity index (χ3n) is 5.03. The topological polar surface area (TPSA) is 54.3 Å². The number of unbranched alkanes of at least 4 members (excludes halogenated alkanes) is 1. The molecule has 28 heavy (non-hydrogen) atoms. The standard InChI is InChI=1S/C22H22BrN3O2/c23-20-14-17(28-25-20)10-6-7-13-26-19-12-5-4-11-18(19)22(24-15-21(26)27)16-8-2-1-3-9-16/h1-5,8-9,11-12,17H,6-7,10,13-15H2. The van der Waals surface area contributed by atoms with Crippen LogP contribution in [0.25, 0.3) is 0 Å². The van der Waals surface area contributed by atoms with Crippen molar-refractivity contribution >= 4 is 37.9 Å². The van der Waals surface area contributed by atoms with E-state index in [4.69, 9.17) is 4.84 Å². The zero-order valence-electron chi connectivity index (χ0n) is 15.6. The minimum Gasteiger partial charge on any atom is -0.391 e. The first-order valence-corrected chi connectivity index (χ1v) is 10.4. The Labute approximate surface area is 173 Å². The van der Waals surface area contributed by atoms with E-state index in [0.717, 1.165) is 52.8 Å². The number of nitrogens with zero attached hydrogens (tertiary/aromatic N) is 3. The summed E-state index contributed by atoms with van der Waals surface area (Å²) in [6.07, 6.45) is 3.82. The fraction of sp³-hybridized carbons (Fsp3) is 0.318. The van der Waals surface area contributed by atoms with Gasteiger partial charge in [-0.1, -0.05) is 53.7 Å². The number of anilines is 1. The Morgan fingerprint density at radius 2 is 1.86 bits per heavy atom. The van der Waals surface area contributed by atoms with Crippen molar-refractivity contribution < 1.29 is 9.63 Å². The molecule has 0 saturated heterocycles. The van der Waals surface area contributed by atoms with E-state index in [1.54, 1.807) is 0 Å².